The fourth-order valence-corrected chi connectivity index (χ4v) is 6.42. The number of halogens is 4. The maximum atomic E-state index is 14.8. The molecular weight excluding hydrogens is 560 g/mol. The highest BCUT2D eigenvalue weighted by atomic mass is 32.1. The summed E-state index contributed by atoms with van der Waals surface area (Å²) in [5.41, 5.74) is -1.48. The lowest BCUT2D eigenvalue weighted by atomic mass is 9.63. The smallest absolute Gasteiger partial charge is 0.433 e. The summed E-state index contributed by atoms with van der Waals surface area (Å²) in [4.78, 5) is 24.3. The number of anilines is 2. The van der Waals surface area contributed by atoms with Gasteiger partial charge < -0.3 is 15.5 Å². The van der Waals surface area contributed by atoms with E-state index >= 15 is 0 Å². The van der Waals surface area contributed by atoms with Crippen LogP contribution < -0.4 is 5.32 Å². The average Bonchev–Trinajstić information content (AvgIpc) is 3.39. The van der Waals surface area contributed by atoms with Gasteiger partial charge in [-0.1, -0.05) is 32.0 Å². The summed E-state index contributed by atoms with van der Waals surface area (Å²) in [5, 5.41) is 24.4. The van der Waals surface area contributed by atoms with Crippen LogP contribution in [0.4, 0.5) is 29.2 Å². The molecule has 5 rings (SSSR count). The minimum atomic E-state index is -4.66. The number of rotatable bonds is 6. The molecule has 2 atom stereocenters. The second-order valence-electron chi connectivity index (χ2n) is 10.8. The van der Waals surface area contributed by atoms with Gasteiger partial charge in [0, 0.05) is 23.6 Å². The number of carbonyl (C=O) groups is 1. The van der Waals surface area contributed by atoms with Crippen molar-refractivity contribution in [2.45, 2.75) is 44.9 Å². The number of carboxylic acid groups (broad SMARTS) is 1. The number of aliphatic carboxylic acids is 1. The summed E-state index contributed by atoms with van der Waals surface area (Å²) in [6.45, 7) is 3.63. The molecule has 1 saturated carbocycles. The van der Waals surface area contributed by atoms with Crippen molar-refractivity contribution < 1.29 is 32.6 Å². The zero-order valence-corrected chi connectivity index (χ0v) is 22.9. The van der Waals surface area contributed by atoms with Crippen molar-refractivity contribution in [2.75, 3.05) is 5.32 Å². The lowest BCUT2D eigenvalue weighted by molar-refractivity contribution is -0.154. The van der Waals surface area contributed by atoms with Gasteiger partial charge in [-0.15, -0.1) is 11.3 Å². The van der Waals surface area contributed by atoms with Crippen LogP contribution in [0, 0.1) is 17.2 Å². The Kier molecular flexibility index (Phi) is 7.33. The molecule has 2 heterocycles. The Hall–Kier alpha value is -3.90. The number of thiazole rings is 1. The van der Waals surface area contributed by atoms with E-state index in [9.17, 15) is 32.6 Å². The lowest BCUT2D eigenvalue weighted by Gasteiger charge is -2.44. The van der Waals surface area contributed by atoms with E-state index in [1.165, 1.54) is 17.4 Å². The molecule has 1 fully saturated rings. The molecule has 0 spiro atoms. The number of aromatic nitrogens is 3. The third-order valence-electron chi connectivity index (χ3n) is 7.34. The molecule has 214 valence electrons. The van der Waals surface area contributed by atoms with Crippen molar-refractivity contribution in [3.63, 3.8) is 0 Å². The van der Waals surface area contributed by atoms with Gasteiger partial charge in [0.2, 0.25) is 5.95 Å². The van der Waals surface area contributed by atoms with E-state index in [0.717, 1.165) is 12.3 Å². The number of nitrogens with one attached hydrogen (secondary N) is 1. The first-order chi connectivity index (χ1) is 19.2. The van der Waals surface area contributed by atoms with E-state index in [1.54, 1.807) is 42.6 Å². The maximum Gasteiger partial charge on any atom is 0.433 e. The highest BCUT2D eigenvalue weighted by Crippen LogP contribution is 2.51. The minimum absolute atomic E-state index is 0.207. The number of hydrogen-bond acceptors (Lipinski definition) is 7. The second kappa shape index (κ2) is 10.5. The van der Waals surface area contributed by atoms with Gasteiger partial charge >= 0.3 is 12.1 Å². The fraction of sp³-hybridized carbons (Fsp3) is 0.310. The largest absolute Gasteiger partial charge is 0.481 e. The monoisotopic (exact) mass is 586 g/mol. The normalized spacial score (nSPS) is 20.5. The van der Waals surface area contributed by atoms with Gasteiger partial charge in [-0.2, -0.15) is 13.2 Å². The van der Waals surface area contributed by atoms with Crippen LogP contribution in [-0.2, 0) is 16.6 Å². The molecule has 3 N–H and O–H groups in total. The Bertz CT molecular complexity index is 1610. The Labute approximate surface area is 237 Å². The third kappa shape index (κ3) is 5.94. The topological polar surface area (TPSA) is 108 Å². The van der Waals surface area contributed by atoms with E-state index in [-0.39, 0.29) is 24.4 Å². The summed E-state index contributed by atoms with van der Waals surface area (Å²) in [6, 6.07) is 11.8. The molecule has 0 aliphatic heterocycles. The Balaban J connectivity index is 1.53. The number of carboxylic acids is 1. The molecular formula is C29H26F4N4O3S. The molecule has 0 radical (unpaired) electrons. The summed E-state index contributed by atoms with van der Waals surface area (Å²) < 4.78 is 54.4. The van der Waals surface area contributed by atoms with Gasteiger partial charge in [0.15, 0.2) is 0 Å². The van der Waals surface area contributed by atoms with Crippen molar-refractivity contribution in [2.24, 2.45) is 11.3 Å². The van der Waals surface area contributed by atoms with Gasteiger partial charge in [-0.25, -0.2) is 19.3 Å². The van der Waals surface area contributed by atoms with Gasteiger partial charge in [0.1, 0.15) is 22.1 Å². The van der Waals surface area contributed by atoms with Gasteiger partial charge in [0.25, 0.3) is 0 Å². The van der Waals surface area contributed by atoms with E-state index in [4.69, 9.17) is 0 Å². The first kappa shape index (κ1) is 28.6. The van der Waals surface area contributed by atoms with Crippen LogP contribution in [0.2, 0.25) is 0 Å². The van der Waals surface area contributed by atoms with E-state index in [1.807, 2.05) is 13.8 Å². The SMILES string of the molecule is CC1(C)C[C@@](O)(c2ncc(-c3cc(Nc4nccc(C(F)(F)F)n4)cc(-c4ccccc4F)c3)s2)CC[C@H]1C(=O)O. The molecule has 7 nitrogen and oxygen atoms in total. The summed E-state index contributed by atoms with van der Waals surface area (Å²) >= 11 is 1.22. The Morgan fingerprint density at radius 1 is 1.10 bits per heavy atom. The van der Waals surface area contributed by atoms with Crippen molar-refractivity contribution in [3.05, 3.63) is 77.4 Å². The van der Waals surface area contributed by atoms with Gasteiger partial charge in [-0.3, -0.25) is 4.79 Å². The number of hydrogen-bond donors (Lipinski definition) is 3. The van der Waals surface area contributed by atoms with Crippen molar-refractivity contribution in [1.82, 2.24) is 15.0 Å². The quantitative estimate of drug-likeness (QED) is 0.204. The molecule has 0 bridgehead atoms. The summed E-state index contributed by atoms with van der Waals surface area (Å²) in [7, 11) is 0. The van der Waals surface area contributed by atoms with Crippen LogP contribution in [0.25, 0.3) is 21.6 Å². The predicted octanol–water partition coefficient (Wildman–Crippen LogP) is 7.27. The third-order valence-corrected chi connectivity index (χ3v) is 8.58. The number of nitrogens with zero attached hydrogens (tertiary/aromatic N) is 3. The molecule has 12 heteroatoms. The summed E-state index contributed by atoms with van der Waals surface area (Å²) in [6.07, 6.45) is -1.36. The van der Waals surface area contributed by atoms with Crippen LogP contribution in [0.5, 0.6) is 0 Å². The van der Waals surface area contributed by atoms with Crippen molar-refractivity contribution in [3.8, 4) is 21.6 Å². The molecule has 1 aliphatic carbocycles. The molecule has 1 aliphatic rings. The first-order valence-electron chi connectivity index (χ1n) is 12.7. The number of aliphatic hydroxyl groups is 1. The van der Waals surface area contributed by atoms with Crippen molar-refractivity contribution in [1.29, 1.82) is 0 Å². The van der Waals surface area contributed by atoms with Crippen LogP contribution in [0.3, 0.4) is 0 Å². The van der Waals surface area contributed by atoms with E-state index in [2.05, 4.69) is 20.3 Å². The van der Waals surface area contributed by atoms with Crippen molar-refractivity contribution >= 4 is 28.9 Å². The second-order valence-corrected chi connectivity index (χ2v) is 11.9. The van der Waals surface area contributed by atoms with Crippen LogP contribution >= 0.6 is 11.3 Å². The maximum absolute atomic E-state index is 14.8. The van der Waals surface area contributed by atoms with Crippen LogP contribution in [0.1, 0.15) is 43.8 Å². The molecule has 4 aromatic rings. The van der Waals surface area contributed by atoms with E-state index in [0.29, 0.717) is 33.1 Å². The Morgan fingerprint density at radius 2 is 1.83 bits per heavy atom. The highest BCUT2D eigenvalue weighted by Gasteiger charge is 2.49. The first-order valence-corrected chi connectivity index (χ1v) is 13.6. The molecule has 2 aromatic heterocycles. The molecule has 41 heavy (non-hydrogen) atoms. The van der Waals surface area contributed by atoms with Crippen LogP contribution in [0.15, 0.2) is 60.9 Å². The zero-order valence-electron chi connectivity index (χ0n) is 22.0. The van der Waals surface area contributed by atoms with Gasteiger partial charge in [-0.05, 0) is 66.1 Å². The fourth-order valence-electron chi connectivity index (χ4n) is 5.40. The standard InChI is InChI=1S/C29H26F4N4O3S/c1-27(2)15-28(40,9-7-20(27)24(38)39)25-35-14-22(41-25)17-11-16(19-5-3-4-6-21(19)30)12-18(13-17)36-26-34-10-8-23(37-26)29(31,32)33/h3-6,8,10-14,20,40H,7,9,15H2,1-2H3,(H,38,39)(H,34,36,37)/t20-,28+/m0/s1. The molecule has 2 aromatic carbocycles. The zero-order chi connectivity index (χ0) is 29.6. The lowest BCUT2D eigenvalue weighted by Crippen LogP contribution is -2.44. The number of alkyl halides is 3. The van der Waals surface area contributed by atoms with Crippen LogP contribution in [-0.4, -0.2) is 31.1 Å². The average molecular weight is 587 g/mol. The van der Waals surface area contributed by atoms with E-state index < -0.39 is 40.6 Å². The molecule has 0 unspecified atom stereocenters. The van der Waals surface area contributed by atoms with Gasteiger partial charge in [0.05, 0.1) is 10.8 Å². The Morgan fingerprint density at radius 3 is 2.51 bits per heavy atom. The minimum Gasteiger partial charge on any atom is -0.481 e. The number of benzene rings is 2. The molecule has 0 amide bonds. The predicted molar refractivity (Wildman–Crippen MR) is 146 cm³/mol. The summed E-state index contributed by atoms with van der Waals surface area (Å²) in [5.74, 6) is -2.26. The highest BCUT2D eigenvalue weighted by molar-refractivity contribution is 7.15. The molecule has 0 saturated heterocycles.